The van der Waals surface area contributed by atoms with Crippen LogP contribution in [0.1, 0.15) is 0 Å². The molecule has 0 fully saturated rings. The van der Waals surface area contributed by atoms with E-state index < -0.39 is 0 Å². The number of nitrogens with zero attached hydrogens (tertiary/aromatic N) is 3. The third kappa shape index (κ3) is 1.20. The van der Waals surface area contributed by atoms with Gasteiger partial charge in [-0.25, -0.2) is 9.66 Å². The average molecular weight is 216 g/mol. The number of hydrogen-bond donors (Lipinski definition) is 1. The highest BCUT2D eigenvalue weighted by Gasteiger charge is 2.10. The fourth-order valence-corrected chi connectivity index (χ4v) is 2.15. The first-order valence-electron chi connectivity index (χ1n) is 4.47. The van der Waals surface area contributed by atoms with Gasteiger partial charge in [0.2, 0.25) is 0 Å². The largest absolute Gasteiger partial charge is 0.337 e. The van der Waals surface area contributed by atoms with Gasteiger partial charge in [-0.3, -0.25) is 4.98 Å². The molecule has 0 aliphatic carbocycles. The van der Waals surface area contributed by atoms with Crippen molar-refractivity contribution in [2.24, 2.45) is 0 Å². The van der Waals surface area contributed by atoms with Gasteiger partial charge < -0.3 is 5.84 Å². The standard InChI is InChI=1S/C10H8N4S/c11-14-8-4-2-1-3-7(8)13-10(14)9-5-12-6-15-9/h1-6H,11H2. The molecule has 0 bridgehead atoms. The lowest BCUT2D eigenvalue weighted by Gasteiger charge is -1.97. The monoisotopic (exact) mass is 216 g/mol. The molecule has 0 saturated carbocycles. The van der Waals surface area contributed by atoms with E-state index in [9.17, 15) is 0 Å². The molecule has 4 nitrogen and oxygen atoms in total. The summed E-state index contributed by atoms with van der Waals surface area (Å²) in [6, 6.07) is 7.80. The first kappa shape index (κ1) is 8.43. The van der Waals surface area contributed by atoms with Gasteiger partial charge in [-0.05, 0) is 12.1 Å². The number of thiazole rings is 1. The summed E-state index contributed by atoms with van der Waals surface area (Å²) in [6.07, 6.45) is 1.77. The fraction of sp³-hybridized carbons (Fsp3) is 0. The Labute approximate surface area is 90.0 Å². The quantitative estimate of drug-likeness (QED) is 0.632. The van der Waals surface area contributed by atoms with Crippen LogP contribution < -0.4 is 5.84 Å². The van der Waals surface area contributed by atoms with Gasteiger partial charge in [0, 0.05) is 6.20 Å². The highest BCUT2D eigenvalue weighted by Crippen LogP contribution is 2.24. The lowest BCUT2D eigenvalue weighted by molar-refractivity contribution is 1.05. The molecule has 2 N–H and O–H groups in total. The van der Waals surface area contributed by atoms with E-state index in [1.807, 2.05) is 24.3 Å². The van der Waals surface area contributed by atoms with Crippen molar-refractivity contribution in [2.75, 3.05) is 5.84 Å². The smallest absolute Gasteiger partial charge is 0.171 e. The lowest BCUT2D eigenvalue weighted by atomic mass is 10.3. The van der Waals surface area contributed by atoms with E-state index in [2.05, 4.69) is 9.97 Å². The van der Waals surface area contributed by atoms with E-state index in [1.165, 1.54) is 11.3 Å². The maximum Gasteiger partial charge on any atom is 0.171 e. The van der Waals surface area contributed by atoms with Crippen LogP contribution in [0.4, 0.5) is 0 Å². The molecular formula is C10H8N4S. The Kier molecular flexibility index (Phi) is 1.72. The molecule has 3 rings (SSSR count). The molecule has 0 aliphatic rings. The van der Waals surface area contributed by atoms with Gasteiger partial charge in [-0.2, -0.15) is 0 Å². The van der Waals surface area contributed by atoms with E-state index in [0.29, 0.717) is 0 Å². The van der Waals surface area contributed by atoms with Crippen molar-refractivity contribution in [3.05, 3.63) is 36.0 Å². The van der Waals surface area contributed by atoms with Gasteiger partial charge in [-0.15, -0.1) is 11.3 Å². The van der Waals surface area contributed by atoms with Crippen molar-refractivity contribution in [3.63, 3.8) is 0 Å². The molecule has 2 aromatic heterocycles. The van der Waals surface area contributed by atoms with Crippen LogP contribution in [0.2, 0.25) is 0 Å². The summed E-state index contributed by atoms with van der Waals surface area (Å²) in [7, 11) is 0. The Morgan fingerprint density at radius 3 is 2.87 bits per heavy atom. The molecule has 74 valence electrons. The van der Waals surface area contributed by atoms with Crippen molar-refractivity contribution >= 4 is 22.4 Å². The van der Waals surface area contributed by atoms with Crippen LogP contribution in [-0.2, 0) is 0 Å². The maximum absolute atomic E-state index is 5.96. The first-order valence-corrected chi connectivity index (χ1v) is 5.35. The summed E-state index contributed by atoms with van der Waals surface area (Å²) >= 11 is 1.53. The Hall–Kier alpha value is -1.88. The number of nitrogen functional groups attached to an aromatic ring is 1. The molecule has 0 radical (unpaired) electrons. The summed E-state index contributed by atoms with van der Waals surface area (Å²) in [5.74, 6) is 6.73. The normalized spacial score (nSPS) is 10.9. The number of para-hydroxylation sites is 2. The minimum absolute atomic E-state index is 0.763. The van der Waals surface area contributed by atoms with Gasteiger partial charge in [-0.1, -0.05) is 12.1 Å². The third-order valence-electron chi connectivity index (χ3n) is 2.25. The summed E-state index contributed by atoms with van der Waals surface area (Å²) in [4.78, 5) is 9.46. The second kappa shape index (κ2) is 3.06. The van der Waals surface area contributed by atoms with Gasteiger partial charge in [0.25, 0.3) is 0 Å². The third-order valence-corrected chi connectivity index (χ3v) is 3.02. The van der Waals surface area contributed by atoms with Crippen LogP contribution >= 0.6 is 11.3 Å². The number of fused-ring (bicyclic) bond motifs is 1. The summed E-state index contributed by atoms with van der Waals surface area (Å²) < 4.78 is 1.60. The van der Waals surface area contributed by atoms with E-state index >= 15 is 0 Å². The van der Waals surface area contributed by atoms with Crippen LogP contribution in [0.5, 0.6) is 0 Å². The van der Waals surface area contributed by atoms with E-state index in [1.54, 1.807) is 16.4 Å². The molecule has 3 aromatic rings. The summed E-state index contributed by atoms with van der Waals surface area (Å²) in [5.41, 5.74) is 3.61. The SMILES string of the molecule is Nn1c(-c2cncs2)nc2ccccc21. The molecule has 2 heterocycles. The first-order chi connectivity index (χ1) is 7.36. The zero-order valence-electron chi connectivity index (χ0n) is 7.79. The number of rotatable bonds is 1. The van der Waals surface area contributed by atoms with Crippen molar-refractivity contribution in [3.8, 4) is 10.7 Å². The van der Waals surface area contributed by atoms with E-state index in [-0.39, 0.29) is 0 Å². The van der Waals surface area contributed by atoms with Gasteiger partial charge >= 0.3 is 0 Å². The van der Waals surface area contributed by atoms with Crippen LogP contribution in [0.25, 0.3) is 21.7 Å². The van der Waals surface area contributed by atoms with E-state index in [0.717, 1.165) is 21.7 Å². The van der Waals surface area contributed by atoms with Crippen LogP contribution in [0.3, 0.4) is 0 Å². The predicted octanol–water partition coefficient (Wildman–Crippen LogP) is 1.87. The van der Waals surface area contributed by atoms with Gasteiger partial charge in [0.15, 0.2) is 5.82 Å². The maximum atomic E-state index is 5.96. The molecule has 5 heteroatoms. The van der Waals surface area contributed by atoms with Gasteiger partial charge in [0.1, 0.15) is 0 Å². The zero-order valence-corrected chi connectivity index (χ0v) is 8.61. The molecule has 0 unspecified atom stereocenters. The fourth-order valence-electron chi connectivity index (χ4n) is 1.54. The highest BCUT2D eigenvalue weighted by molar-refractivity contribution is 7.13. The number of imidazole rings is 1. The van der Waals surface area contributed by atoms with Gasteiger partial charge in [0.05, 0.1) is 21.4 Å². The summed E-state index contributed by atoms with van der Waals surface area (Å²) in [6.45, 7) is 0. The minimum atomic E-state index is 0.763. The Balaban J connectivity index is 2.33. The molecule has 0 spiro atoms. The van der Waals surface area contributed by atoms with Crippen LogP contribution in [-0.4, -0.2) is 14.6 Å². The molecular weight excluding hydrogens is 208 g/mol. The van der Waals surface area contributed by atoms with E-state index in [4.69, 9.17) is 5.84 Å². The lowest BCUT2D eigenvalue weighted by Crippen LogP contribution is -2.08. The van der Waals surface area contributed by atoms with Crippen LogP contribution in [0.15, 0.2) is 36.0 Å². The number of aromatic nitrogens is 3. The Morgan fingerprint density at radius 2 is 2.13 bits per heavy atom. The average Bonchev–Trinajstić information content (AvgIpc) is 2.87. The van der Waals surface area contributed by atoms with Crippen molar-refractivity contribution in [1.29, 1.82) is 0 Å². The van der Waals surface area contributed by atoms with Crippen molar-refractivity contribution in [1.82, 2.24) is 14.6 Å². The Bertz CT molecular complexity index is 597. The highest BCUT2D eigenvalue weighted by atomic mass is 32.1. The number of benzene rings is 1. The molecule has 0 atom stereocenters. The number of nitrogens with two attached hydrogens (primary N) is 1. The number of hydrogen-bond acceptors (Lipinski definition) is 4. The Morgan fingerprint density at radius 1 is 1.27 bits per heavy atom. The topological polar surface area (TPSA) is 56.7 Å². The molecule has 0 aliphatic heterocycles. The minimum Gasteiger partial charge on any atom is -0.337 e. The zero-order chi connectivity index (χ0) is 10.3. The van der Waals surface area contributed by atoms with Crippen molar-refractivity contribution < 1.29 is 0 Å². The van der Waals surface area contributed by atoms with Crippen molar-refractivity contribution in [2.45, 2.75) is 0 Å². The molecule has 0 amide bonds. The predicted molar refractivity (Wildman–Crippen MR) is 61.0 cm³/mol. The summed E-state index contributed by atoms with van der Waals surface area (Å²) in [5, 5.41) is 0. The van der Waals surface area contributed by atoms with Crippen LogP contribution in [0, 0.1) is 0 Å². The molecule has 0 saturated heterocycles. The molecule has 15 heavy (non-hydrogen) atoms. The second-order valence-corrected chi connectivity index (χ2v) is 4.05. The second-order valence-electron chi connectivity index (χ2n) is 3.16. The molecule has 1 aromatic carbocycles.